The molecule has 0 fully saturated rings. The van der Waals surface area contributed by atoms with E-state index in [0.29, 0.717) is 24.3 Å². The van der Waals surface area contributed by atoms with Gasteiger partial charge in [-0.05, 0) is 51.3 Å². The van der Waals surface area contributed by atoms with Gasteiger partial charge in [-0.3, -0.25) is 0 Å². The van der Waals surface area contributed by atoms with E-state index in [1.54, 1.807) is 6.92 Å². The number of fused-ring (bicyclic) bond motifs is 1. The van der Waals surface area contributed by atoms with Crippen molar-refractivity contribution < 1.29 is 14.9 Å². The predicted octanol–water partition coefficient (Wildman–Crippen LogP) is 3.21. The third-order valence-electron chi connectivity index (χ3n) is 4.24. The van der Waals surface area contributed by atoms with Crippen LogP contribution in [0.25, 0.3) is 5.69 Å². The second-order valence-corrected chi connectivity index (χ2v) is 6.95. The molecule has 1 aliphatic carbocycles. The third kappa shape index (κ3) is 3.08. The molecule has 0 saturated heterocycles. The molecule has 0 saturated carbocycles. The second-order valence-electron chi connectivity index (χ2n) is 6.03. The third-order valence-corrected chi connectivity index (χ3v) is 4.73. The summed E-state index contributed by atoms with van der Waals surface area (Å²) in [6.07, 6.45) is 1.20. The summed E-state index contributed by atoms with van der Waals surface area (Å²) in [7, 11) is 0. The molecule has 0 radical (unpaired) electrons. The van der Waals surface area contributed by atoms with Gasteiger partial charge in [0.1, 0.15) is 5.69 Å². The van der Waals surface area contributed by atoms with Crippen LogP contribution in [0.15, 0.2) is 28.7 Å². The minimum absolute atomic E-state index is 0.377. The smallest absolute Gasteiger partial charge is 0.200 e. The van der Waals surface area contributed by atoms with Gasteiger partial charge in [0.2, 0.25) is 6.29 Å². The van der Waals surface area contributed by atoms with E-state index in [9.17, 15) is 10.2 Å². The van der Waals surface area contributed by atoms with E-state index in [0.717, 1.165) is 28.7 Å². The van der Waals surface area contributed by atoms with Crippen molar-refractivity contribution in [1.82, 2.24) is 9.78 Å². The van der Waals surface area contributed by atoms with E-state index in [1.165, 1.54) is 0 Å². The molecule has 1 heterocycles. The zero-order valence-electron chi connectivity index (χ0n) is 13.3. The lowest BCUT2D eigenvalue weighted by Crippen LogP contribution is -2.28. The zero-order chi connectivity index (χ0) is 16.6. The Labute approximate surface area is 144 Å². The standard InChI is InChI=1S/C17H21BrN2O3/c1-3-23-16(21)15-14-13(8-5-9-17(14,2)22)20(19-15)12-7-4-6-11(18)10-12/h4,6-7,10,16,21-22H,3,5,8-9H2,1-2H3. The molecule has 2 atom stereocenters. The first-order valence-corrected chi connectivity index (χ1v) is 8.63. The molecule has 2 aromatic rings. The van der Waals surface area contributed by atoms with Gasteiger partial charge in [0.05, 0.1) is 17.0 Å². The van der Waals surface area contributed by atoms with Gasteiger partial charge in [-0.25, -0.2) is 4.68 Å². The Morgan fingerprint density at radius 3 is 2.96 bits per heavy atom. The second kappa shape index (κ2) is 6.36. The molecule has 2 unspecified atom stereocenters. The summed E-state index contributed by atoms with van der Waals surface area (Å²) >= 11 is 3.47. The molecule has 3 rings (SSSR count). The van der Waals surface area contributed by atoms with Gasteiger partial charge in [-0.15, -0.1) is 0 Å². The molecule has 23 heavy (non-hydrogen) atoms. The Morgan fingerprint density at radius 2 is 2.26 bits per heavy atom. The molecule has 5 nitrogen and oxygen atoms in total. The Kier molecular flexibility index (Phi) is 4.60. The topological polar surface area (TPSA) is 67.5 Å². The molecular formula is C17H21BrN2O3. The van der Waals surface area contributed by atoms with Gasteiger partial charge >= 0.3 is 0 Å². The van der Waals surface area contributed by atoms with Gasteiger partial charge in [0, 0.05) is 16.6 Å². The van der Waals surface area contributed by atoms with Crippen LogP contribution in [0.5, 0.6) is 0 Å². The fourth-order valence-electron chi connectivity index (χ4n) is 3.25. The number of ether oxygens (including phenoxy) is 1. The van der Waals surface area contributed by atoms with Gasteiger partial charge in [-0.1, -0.05) is 22.0 Å². The Bertz CT molecular complexity index is 712. The van der Waals surface area contributed by atoms with Crippen LogP contribution in [0.3, 0.4) is 0 Å². The number of hydrogen-bond donors (Lipinski definition) is 2. The van der Waals surface area contributed by atoms with Crippen molar-refractivity contribution in [1.29, 1.82) is 0 Å². The van der Waals surface area contributed by atoms with Gasteiger partial charge < -0.3 is 14.9 Å². The van der Waals surface area contributed by atoms with Crippen LogP contribution in [-0.4, -0.2) is 26.6 Å². The first kappa shape index (κ1) is 16.6. The van der Waals surface area contributed by atoms with Crippen LogP contribution in [0, 0.1) is 0 Å². The van der Waals surface area contributed by atoms with E-state index in [4.69, 9.17) is 4.74 Å². The molecule has 0 amide bonds. The maximum atomic E-state index is 10.8. The molecule has 1 aliphatic rings. The molecule has 0 aliphatic heterocycles. The van der Waals surface area contributed by atoms with Crippen molar-refractivity contribution >= 4 is 15.9 Å². The quantitative estimate of drug-likeness (QED) is 0.799. The Balaban J connectivity index is 2.19. The van der Waals surface area contributed by atoms with Gasteiger partial charge in [0.25, 0.3) is 0 Å². The lowest BCUT2D eigenvalue weighted by atomic mass is 9.82. The Morgan fingerprint density at radius 1 is 1.48 bits per heavy atom. The normalized spacial score (nSPS) is 22.0. The highest BCUT2D eigenvalue weighted by Gasteiger charge is 2.38. The molecule has 2 N–H and O–H groups in total. The molecule has 6 heteroatoms. The van der Waals surface area contributed by atoms with Crippen LogP contribution in [0.4, 0.5) is 0 Å². The van der Waals surface area contributed by atoms with E-state index < -0.39 is 11.9 Å². The van der Waals surface area contributed by atoms with Crippen molar-refractivity contribution in [3.05, 3.63) is 45.7 Å². The number of hydrogen-bond acceptors (Lipinski definition) is 4. The van der Waals surface area contributed by atoms with Crippen molar-refractivity contribution in [3.63, 3.8) is 0 Å². The fourth-order valence-corrected chi connectivity index (χ4v) is 3.63. The van der Waals surface area contributed by atoms with Crippen LogP contribution in [-0.2, 0) is 16.8 Å². The van der Waals surface area contributed by atoms with Crippen molar-refractivity contribution in [3.8, 4) is 5.69 Å². The molecule has 1 aromatic carbocycles. The molecule has 0 bridgehead atoms. The Hall–Kier alpha value is -1.21. The van der Waals surface area contributed by atoms with Gasteiger partial charge in [0.15, 0.2) is 0 Å². The maximum Gasteiger partial charge on any atom is 0.200 e. The lowest BCUT2D eigenvalue weighted by molar-refractivity contribution is -0.104. The summed E-state index contributed by atoms with van der Waals surface area (Å²) in [5, 5.41) is 25.7. The number of aliphatic hydroxyl groups is 2. The number of aliphatic hydroxyl groups excluding tert-OH is 1. The van der Waals surface area contributed by atoms with Crippen molar-refractivity contribution in [2.24, 2.45) is 0 Å². The summed E-state index contributed by atoms with van der Waals surface area (Å²) in [6, 6.07) is 7.81. The zero-order valence-corrected chi connectivity index (χ0v) is 14.9. The first-order valence-electron chi connectivity index (χ1n) is 7.84. The highest BCUT2D eigenvalue weighted by molar-refractivity contribution is 9.10. The summed E-state index contributed by atoms with van der Waals surface area (Å²) in [5.41, 5.74) is 1.93. The maximum absolute atomic E-state index is 10.8. The van der Waals surface area contributed by atoms with Crippen LogP contribution in [0.1, 0.15) is 49.9 Å². The number of benzene rings is 1. The largest absolute Gasteiger partial charge is 0.385 e. The van der Waals surface area contributed by atoms with Gasteiger partial charge in [-0.2, -0.15) is 5.10 Å². The monoisotopic (exact) mass is 380 g/mol. The highest BCUT2D eigenvalue weighted by atomic mass is 79.9. The SMILES string of the molecule is CCOC(O)c1nn(-c2cccc(Br)c2)c2c1C(C)(O)CCC2. The number of aromatic nitrogens is 2. The van der Waals surface area contributed by atoms with E-state index in [1.807, 2.05) is 35.9 Å². The molecule has 1 aromatic heterocycles. The van der Waals surface area contributed by atoms with Crippen LogP contribution >= 0.6 is 15.9 Å². The minimum Gasteiger partial charge on any atom is -0.385 e. The summed E-state index contributed by atoms with van der Waals surface area (Å²) in [4.78, 5) is 0. The van der Waals surface area contributed by atoms with E-state index in [2.05, 4.69) is 21.0 Å². The van der Waals surface area contributed by atoms with Crippen molar-refractivity contribution in [2.45, 2.75) is 45.0 Å². The number of nitrogens with zero attached hydrogens (tertiary/aromatic N) is 2. The van der Waals surface area contributed by atoms with Crippen LogP contribution < -0.4 is 0 Å². The van der Waals surface area contributed by atoms with Crippen LogP contribution in [0.2, 0.25) is 0 Å². The van der Waals surface area contributed by atoms with E-state index in [-0.39, 0.29) is 0 Å². The average molecular weight is 381 g/mol. The summed E-state index contributed by atoms with van der Waals surface area (Å²) in [6.45, 7) is 3.97. The molecular weight excluding hydrogens is 360 g/mol. The average Bonchev–Trinajstić information content (AvgIpc) is 2.88. The summed E-state index contributed by atoms with van der Waals surface area (Å²) in [5.74, 6) is 0. The highest BCUT2D eigenvalue weighted by Crippen LogP contribution is 2.40. The minimum atomic E-state index is -1.13. The molecule has 124 valence electrons. The number of rotatable bonds is 4. The lowest BCUT2D eigenvalue weighted by Gasteiger charge is -2.30. The first-order chi connectivity index (χ1) is 10.9. The van der Waals surface area contributed by atoms with Crippen molar-refractivity contribution in [2.75, 3.05) is 6.61 Å². The predicted molar refractivity (Wildman–Crippen MR) is 90.4 cm³/mol. The molecule has 0 spiro atoms. The van der Waals surface area contributed by atoms with E-state index >= 15 is 0 Å². The fraction of sp³-hybridized carbons (Fsp3) is 0.471. The summed E-state index contributed by atoms with van der Waals surface area (Å²) < 4.78 is 8.08. The number of halogens is 1.